The van der Waals surface area contributed by atoms with Gasteiger partial charge in [0.1, 0.15) is 23.0 Å². The van der Waals surface area contributed by atoms with E-state index in [1.165, 1.54) is 31.2 Å². The molecule has 0 atom stereocenters. The van der Waals surface area contributed by atoms with Crippen LogP contribution in [0.4, 0.5) is 28.0 Å². The molecule has 1 saturated heterocycles. The van der Waals surface area contributed by atoms with Crippen molar-refractivity contribution in [2.75, 3.05) is 31.5 Å². The lowest BCUT2D eigenvalue weighted by molar-refractivity contribution is -0.274. The topological polar surface area (TPSA) is 79.4 Å². The van der Waals surface area contributed by atoms with Crippen molar-refractivity contribution >= 4 is 34.9 Å². The van der Waals surface area contributed by atoms with E-state index in [2.05, 4.69) is 25.6 Å². The number of carbonyl (C=O) groups is 1. The Labute approximate surface area is 227 Å². The maximum absolute atomic E-state index is 13.5. The number of anilines is 1. The predicted octanol–water partition coefficient (Wildman–Crippen LogP) is 6.17. The number of amides is 2. The molecule has 0 spiro atoms. The SMILES string of the molecule is Cc1c(OC(F)(F)F)ccc(NC(=O)N2CCNCC2)c1-c1nnc(-c2ccc(F)cc2)c2ccccc12.Cl. The van der Waals surface area contributed by atoms with Crippen molar-refractivity contribution in [2.45, 2.75) is 13.3 Å². The van der Waals surface area contributed by atoms with Crippen molar-refractivity contribution < 1.29 is 27.1 Å². The van der Waals surface area contributed by atoms with Crippen LogP contribution in [-0.4, -0.2) is 53.7 Å². The highest BCUT2D eigenvalue weighted by atomic mass is 35.5. The van der Waals surface area contributed by atoms with Gasteiger partial charge >= 0.3 is 12.4 Å². The number of piperazine rings is 1. The molecule has 0 bridgehead atoms. The first-order chi connectivity index (χ1) is 18.2. The van der Waals surface area contributed by atoms with Crippen molar-refractivity contribution in [1.82, 2.24) is 20.4 Å². The summed E-state index contributed by atoms with van der Waals surface area (Å²) in [6.07, 6.45) is -4.91. The molecule has 0 unspecified atom stereocenters. The Bertz CT molecular complexity index is 1490. The molecule has 12 heteroatoms. The van der Waals surface area contributed by atoms with Crippen LogP contribution in [0.3, 0.4) is 0 Å². The number of rotatable bonds is 4. The quantitative estimate of drug-likeness (QED) is 0.291. The van der Waals surface area contributed by atoms with Crippen molar-refractivity contribution in [1.29, 1.82) is 0 Å². The number of urea groups is 1. The Kier molecular flexibility index (Phi) is 8.22. The normalized spacial score (nSPS) is 13.6. The van der Waals surface area contributed by atoms with Crippen LogP contribution >= 0.6 is 12.4 Å². The summed E-state index contributed by atoms with van der Waals surface area (Å²) in [7, 11) is 0. The van der Waals surface area contributed by atoms with Gasteiger partial charge in [-0.2, -0.15) is 0 Å². The number of hydrogen-bond donors (Lipinski definition) is 2. The van der Waals surface area contributed by atoms with Gasteiger partial charge in [0.25, 0.3) is 0 Å². The van der Waals surface area contributed by atoms with Gasteiger partial charge in [-0.1, -0.05) is 24.3 Å². The van der Waals surface area contributed by atoms with Crippen LogP contribution in [0, 0.1) is 12.7 Å². The van der Waals surface area contributed by atoms with E-state index < -0.39 is 17.9 Å². The average Bonchev–Trinajstić information content (AvgIpc) is 2.90. The molecule has 0 aliphatic carbocycles. The predicted molar refractivity (Wildman–Crippen MR) is 142 cm³/mol. The molecule has 2 amide bonds. The third-order valence-corrected chi connectivity index (χ3v) is 6.33. The zero-order valence-electron chi connectivity index (χ0n) is 20.7. The van der Waals surface area contributed by atoms with Gasteiger partial charge in [0.05, 0.1) is 5.69 Å². The fraction of sp³-hybridized carbons (Fsp3) is 0.222. The molecular formula is C27H24ClF4N5O2. The molecule has 39 heavy (non-hydrogen) atoms. The maximum atomic E-state index is 13.5. The Balaban J connectivity index is 0.00000353. The first-order valence-electron chi connectivity index (χ1n) is 11.9. The summed E-state index contributed by atoms with van der Waals surface area (Å²) in [4.78, 5) is 14.6. The van der Waals surface area contributed by atoms with Gasteiger partial charge in [-0.25, -0.2) is 9.18 Å². The second-order valence-electron chi connectivity index (χ2n) is 8.78. The molecule has 4 aromatic rings. The van der Waals surface area contributed by atoms with Crippen LogP contribution in [0.25, 0.3) is 33.3 Å². The molecule has 3 aromatic carbocycles. The van der Waals surface area contributed by atoms with E-state index in [-0.39, 0.29) is 40.9 Å². The molecule has 1 fully saturated rings. The number of benzene rings is 3. The Morgan fingerprint density at radius 3 is 2.21 bits per heavy atom. The smallest absolute Gasteiger partial charge is 0.405 e. The van der Waals surface area contributed by atoms with Crippen LogP contribution in [0.15, 0.2) is 60.7 Å². The average molecular weight is 562 g/mol. The van der Waals surface area contributed by atoms with E-state index >= 15 is 0 Å². The van der Waals surface area contributed by atoms with E-state index in [1.54, 1.807) is 41.3 Å². The monoisotopic (exact) mass is 561 g/mol. The van der Waals surface area contributed by atoms with Gasteiger partial charge in [0.2, 0.25) is 0 Å². The number of alkyl halides is 3. The summed E-state index contributed by atoms with van der Waals surface area (Å²) in [5.41, 5.74) is 2.04. The van der Waals surface area contributed by atoms with Crippen molar-refractivity contribution in [3.63, 3.8) is 0 Å². The Hall–Kier alpha value is -3.96. The van der Waals surface area contributed by atoms with Gasteiger partial charge in [0.15, 0.2) is 0 Å². The second-order valence-corrected chi connectivity index (χ2v) is 8.78. The summed E-state index contributed by atoms with van der Waals surface area (Å²) in [6.45, 7) is 3.73. The first kappa shape index (κ1) is 28.1. The Morgan fingerprint density at radius 1 is 0.949 bits per heavy atom. The molecule has 0 radical (unpaired) electrons. The summed E-state index contributed by atoms with van der Waals surface area (Å²) in [5.74, 6) is -0.814. The van der Waals surface area contributed by atoms with E-state index in [0.717, 1.165) is 0 Å². The van der Waals surface area contributed by atoms with Crippen LogP contribution in [0.2, 0.25) is 0 Å². The molecule has 1 aliphatic rings. The fourth-order valence-electron chi connectivity index (χ4n) is 4.51. The van der Waals surface area contributed by atoms with E-state index in [1.807, 2.05) is 0 Å². The number of nitrogens with zero attached hydrogens (tertiary/aromatic N) is 3. The number of aromatic nitrogens is 2. The standard InChI is InChI=1S/C27H23F4N5O2.ClH/c1-16-22(38-27(29,30)31)11-10-21(33-26(37)36-14-12-32-13-15-36)23(16)25-20-5-3-2-4-19(20)24(34-35-25)17-6-8-18(28)9-7-17;/h2-11,32H,12-15H2,1H3,(H,33,37);1H. The molecule has 1 aromatic heterocycles. The number of nitrogens with one attached hydrogen (secondary N) is 2. The van der Waals surface area contributed by atoms with Gasteiger partial charge < -0.3 is 20.3 Å². The summed E-state index contributed by atoms with van der Waals surface area (Å²) in [6, 6.07) is 15.1. The Morgan fingerprint density at radius 2 is 1.56 bits per heavy atom. The number of fused-ring (bicyclic) bond motifs is 1. The minimum atomic E-state index is -4.91. The highest BCUT2D eigenvalue weighted by molar-refractivity contribution is 6.05. The molecule has 0 saturated carbocycles. The fourth-order valence-corrected chi connectivity index (χ4v) is 4.51. The van der Waals surface area contributed by atoms with Crippen molar-refractivity contribution in [3.8, 4) is 28.3 Å². The molecule has 5 rings (SSSR count). The van der Waals surface area contributed by atoms with E-state index in [9.17, 15) is 22.4 Å². The molecular weight excluding hydrogens is 538 g/mol. The summed E-state index contributed by atoms with van der Waals surface area (Å²) in [5, 5.41) is 16.0. The number of hydrogen-bond acceptors (Lipinski definition) is 5. The van der Waals surface area contributed by atoms with Crippen molar-refractivity contribution in [2.24, 2.45) is 0 Å². The number of ether oxygens (including phenoxy) is 1. The van der Waals surface area contributed by atoms with Gasteiger partial charge in [-0.05, 0) is 43.3 Å². The second kappa shape index (κ2) is 11.4. The van der Waals surface area contributed by atoms with Gasteiger partial charge in [-0.3, -0.25) is 0 Å². The number of carbonyl (C=O) groups excluding carboxylic acids is 1. The first-order valence-corrected chi connectivity index (χ1v) is 11.9. The lowest BCUT2D eigenvalue weighted by atomic mass is 9.96. The summed E-state index contributed by atoms with van der Waals surface area (Å²) < 4.78 is 57.3. The largest absolute Gasteiger partial charge is 0.573 e. The van der Waals surface area contributed by atoms with E-state index in [4.69, 9.17) is 0 Å². The third-order valence-electron chi connectivity index (χ3n) is 6.33. The van der Waals surface area contributed by atoms with Crippen LogP contribution < -0.4 is 15.4 Å². The highest BCUT2D eigenvalue weighted by Gasteiger charge is 2.33. The summed E-state index contributed by atoms with van der Waals surface area (Å²) >= 11 is 0. The van der Waals surface area contributed by atoms with E-state index in [0.29, 0.717) is 48.2 Å². The minimum Gasteiger partial charge on any atom is -0.405 e. The molecule has 2 heterocycles. The van der Waals surface area contributed by atoms with Gasteiger partial charge in [-0.15, -0.1) is 35.8 Å². The van der Waals surface area contributed by atoms with Crippen LogP contribution in [-0.2, 0) is 0 Å². The highest BCUT2D eigenvalue weighted by Crippen LogP contribution is 2.41. The minimum absolute atomic E-state index is 0. The van der Waals surface area contributed by atoms with Crippen LogP contribution in [0.1, 0.15) is 5.56 Å². The van der Waals surface area contributed by atoms with Gasteiger partial charge in [0, 0.05) is 53.6 Å². The third kappa shape index (κ3) is 6.04. The zero-order chi connectivity index (χ0) is 26.9. The molecule has 7 nitrogen and oxygen atoms in total. The number of halogens is 5. The van der Waals surface area contributed by atoms with Crippen molar-refractivity contribution in [3.05, 3.63) is 72.0 Å². The zero-order valence-corrected chi connectivity index (χ0v) is 21.5. The molecule has 204 valence electrons. The van der Waals surface area contributed by atoms with Crippen LogP contribution in [0.5, 0.6) is 5.75 Å². The molecule has 2 N–H and O–H groups in total. The lowest BCUT2D eigenvalue weighted by Crippen LogP contribution is -2.48. The maximum Gasteiger partial charge on any atom is 0.573 e. The molecule has 1 aliphatic heterocycles. The lowest BCUT2D eigenvalue weighted by Gasteiger charge is -2.28.